The van der Waals surface area contributed by atoms with Crippen LogP contribution in [0.25, 0.3) is 0 Å². The molecule has 0 aliphatic carbocycles. The van der Waals surface area contributed by atoms with E-state index in [4.69, 9.17) is 5.11 Å². The van der Waals surface area contributed by atoms with E-state index < -0.39 is 5.97 Å². The van der Waals surface area contributed by atoms with Crippen LogP contribution in [-0.4, -0.2) is 16.2 Å². The zero-order valence-electron chi connectivity index (χ0n) is 9.54. The molecule has 2 aromatic rings. The van der Waals surface area contributed by atoms with Crippen molar-refractivity contribution in [3.8, 4) is 5.75 Å². The van der Waals surface area contributed by atoms with Crippen molar-refractivity contribution in [2.45, 2.75) is 10.6 Å². The van der Waals surface area contributed by atoms with E-state index in [9.17, 15) is 9.90 Å². The Morgan fingerprint density at radius 3 is 2.33 bits per heavy atom. The van der Waals surface area contributed by atoms with Crippen LogP contribution < -0.4 is 0 Å². The summed E-state index contributed by atoms with van der Waals surface area (Å²) in [4.78, 5) is 11.5. The van der Waals surface area contributed by atoms with E-state index in [1.807, 2.05) is 12.1 Å². The van der Waals surface area contributed by atoms with Gasteiger partial charge in [0, 0.05) is 10.6 Å². The molecule has 0 aromatic heterocycles. The molecule has 3 nitrogen and oxygen atoms in total. The van der Waals surface area contributed by atoms with Gasteiger partial charge in [0.15, 0.2) is 0 Å². The van der Waals surface area contributed by atoms with Crippen LogP contribution in [0.3, 0.4) is 0 Å². The second-order valence-electron chi connectivity index (χ2n) is 3.76. The Morgan fingerprint density at radius 1 is 1.06 bits per heavy atom. The topological polar surface area (TPSA) is 57.5 Å². The smallest absolute Gasteiger partial charge is 0.335 e. The predicted octanol–water partition coefficient (Wildman–Crippen LogP) is 3.38. The molecule has 18 heavy (non-hydrogen) atoms. The summed E-state index contributed by atoms with van der Waals surface area (Å²) >= 11 is 1.52. The number of hydrogen-bond acceptors (Lipinski definition) is 3. The highest BCUT2D eigenvalue weighted by atomic mass is 32.2. The highest BCUT2D eigenvalue weighted by Gasteiger charge is 2.03. The van der Waals surface area contributed by atoms with Crippen molar-refractivity contribution in [2.24, 2.45) is 0 Å². The van der Waals surface area contributed by atoms with Crippen LogP contribution in [0.15, 0.2) is 53.4 Å². The molecule has 0 fully saturated rings. The third kappa shape index (κ3) is 3.05. The van der Waals surface area contributed by atoms with Gasteiger partial charge in [-0.05, 0) is 29.8 Å². The molecule has 4 heteroatoms. The Hall–Kier alpha value is -1.94. The van der Waals surface area contributed by atoms with Crippen LogP contribution in [0.1, 0.15) is 15.9 Å². The maximum atomic E-state index is 10.7. The number of thioether (sulfide) groups is 1. The van der Waals surface area contributed by atoms with Crippen LogP contribution in [0, 0.1) is 0 Å². The first-order chi connectivity index (χ1) is 8.66. The maximum Gasteiger partial charge on any atom is 0.335 e. The molecule has 2 rings (SSSR count). The van der Waals surface area contributed by atoms with Gasteiger partial charge in [-0.15, -0.1) is 11.8 Å². The van der Waals surface area contributed by atoms with Gasteiger partial charge < -0.3 is 10.2 Å². The quantitative estimate of drug-likeness (QED) is 0.827. The fourth-order valence-electron chi connectivity index (χ4n) is 1.48. The van der Waals surface area contributed by atoms with Gasteiger partial charge in [-0.1, -0.05) is 24.3 Å². The van der Waals surface area contributed by atoms with Crippen molar-refractivity contribution in [3.63, 3.8) is 0 Å². The van der Waals surface area contributed by atoms with E-state index in [-0.39, 0.29) is 11.3 Å². The Balaban J connectivity index is 2.02. The van der Waals surface area contributed by atoms with Crippen molar-refractivity contribution in [1.82, 2.24) is 0 Å². The zero-order valence-corrected chi connectivity index (χ0v) is 10.4. The third-order valence-corrected chi connectivity index (χ3v) is 3.59. The number of carbonyl (C=O) groups is 1. The van der Waals surface area contributed by atoms with Crippen molar-refractivity contribution < 1.29 is 15.0 Å². The van der Waals surface area contributed by atoms with Crippen LogP contribution in [0.2, 0.25) is 0 Å². The normalized spacial score (nSPS) is 10.2. The second kappa shape index (κ2) is 5.60. The average Bonchev–Trinajstić information content (AvgIpc) is 2.38. The maximum absolute atomic E-state index is 10.7. The Morgan fingerprint density at radius 2 is 1.72 bits per heavy atom. The first kappa shape index (κ1) is 12.5. The Bertz CT molecular complexity index is 549. The van der Waals surface area contributed by atoms with E-state index in [1.165, 1.54) is 11.8 Å². The summed E-state index contributed by atoms with van der Waals surface area (Å²) in [6.45, 7) is 0. The molecule has 92 valence electrons. The lowest BCUT2D eigenvalue weighted by Crippen LogP contribution is -1.95. The van der Waals surface area contributed by atoms with Crippen molar-refractivity contribution in [2.75, 3.05) is 0 Å². The highest BCUT2D eigenvalue weighted by Crippen LogP contribution is 2.30. The molecule has 0 radical (unpaired) electrons. The lowest BCUT2D eigenvalue weighted by atomic mass is 10.1. The fourth-order valence-corrected chi connectivity index (χ4v) is 2.39. The number of benzene rings is 2. The minimum Gasteiger partial charge on any atom is -0.507 e. The van der Waals surface area contributed by atoms with Gasteiger partial charge in [0.2, 0.25) is 0 Å². The van der Waals surface area contributed by atoms with Gasteiger partial charge in [-0.2, -0.15) is 0 Å². The van der Waals surface area contributed by atoms with Crippen LogP contribution >= 0.6 is 11.8 Å². The average molecular weight is 260 g/mol. The fraction of sp³-hybridized carbons (Fsp3) is 0.0714. The van der Waals surface area contributed by atoms with E-state index in [0.717, 1.165) is 10.5 Å². The standard InChI is InChI=1S/C14H12O3S/c15-12-3-1-2-4-13(12)18-9-10-5-7-11(8-6-10)14(16)17/h1-8,15H,9H2,(H,16,17). The SMILES string of the molecule is O=C(O)c1ccc(CSc2ccccc2O)cc1. The minimum absolute atomic E-state index is 0.268. The molecular formula is C14H12O3S. The molecule has 0 saturated heterocycles. The molecule has 0 unspecified atom stereocenters. The number of phenols is 1. The summed E-state index contributed by atoms with van der Waals surface area (Å²) in [5.74, 6) is 0.0388. The number of phenolic OH excluding ortho intramolecular Hbond substituents is 1. The minimum atomic E-state index is -0.921. The first-order valence-electron chi connectivity index (χ1n) is 5.40. The Kier molecular flexibility index (Phi) is 3.89. The molecular weight excluding hydrogens is 248 g/mol. The second-order valence-corrected chi connectivity index (χ2v) is 4.78. The van der Waals surface area contributed by atoms with E-state index in [1.54, 1.807) is 36.4 Å². The van der Waals surface area contributed by atoms with Crippen molar-refractivity contribution in [1.29, 1.82) is 0 Å². The molecule has 0 heterocycles. The molecule has 0 aliphatic heterocycles. The summed E-state index contributed by atoms with van der Waals surface area (Å²) in [5, 5.41) is 18.4. The van der Waals surface area contributed by atoms with Gasteiger partial charge in [-0.25, -0.2) is 4.79 Å². The monoisotopic (exact) mass is 260 g/mol. The Labute approximate surface area is 109 Å². The molecule has 0 bridgehead atoms. The van der Waals surface area contributed by atoms with Gasteiger partial charge >= 0.3 is 5.97 Å². The number of carboxylic acid groups (broad SMARTS) is 1. The van der Waals surface area contributed by atoms with Crippen LogP contribution in [0.4, 0.5) is 0 Å². The van der Waals surface area contributed by atoms with Gasteiger partial charge in [0.25, 0.3) is 0 Å². The molecule has 0 atom stereocenters. The number of carboxylic acids is 1. The molecule has 0 spiro atoms. The predicted molar refractivity (Wildman–Crippen MR) is 71.1 cm³/mol. The van der Waals surface area contributed by atoms with E-state index in [2.05, 4.69) is 0 Å². The zero-order chi connectivity index (χ0) is 13.0. The van der Waals surface area contributed by atoms with Gasteiger partial charge in [-0.3, -0.25) is 0 Å². The lowest BCUT2D eigenvalue weighted by molar-refractivity contribution is 0.0697. The van der Waals surface area contributed by atoms with Crippen LogP contribution in [0.5, 0.6) is 5.75 Å². The van der Waals surface area contributed by atoms with Crippen LogP contribution in [-0.2, 0) is 5.75 Å². The third-order valence-electron chi connectivity index (χ3n) is 2.46. The first-order valence-corrected chi connectivity index (χ1v) is 6.38. The molecule has 2 N–H and O–H groups in total. The number of rotatable bonds is 4. The summed E-state index contributed by atoms with van der Waals surface area (Å²) < 4.78 is 0. The lowest BCUT2D eigenvalue weighted by Gasteiger charge is -2.04. The molecule has 2 aromatic carbocycles. The van der Waals surface area contributed by atoms with Crippen molar-refractivity contribution in [3.05, 3.63) is 59.7 Å². The number of para-hydroxylation sites is 1. The largest absolute Gasteiger partial charge is 0.507 e. The summed E-state index contributed by atoms with van der Waals surface area (Å²) in [7, 11) is 0. The number of aromatic carboxylic acids is 1. The van der Waals surface area contributed by atoms with E-state index >= 15 is 0 Å². The van der Waals surface area contributed by atoms with Gasteiger partial charge in [0.05, 0.1) is 5.56 Å². The van der Waals surface area contributed by atoms with Gasteiger partial charge in [0.1, 0.15) is 5.75 Å². The molecule has 0 amide bonds. The summed E-state index contributed by atoms with van der Waals surface area (Å²) in [6, 6.07) is 13.9. The highest BCUT2D eigenvalue weighted by molar-refractivity contribution is 7.98. The molecule has 0 saturated carbocycles. The van der Waals surface area contributed by atoms with E-state index in [0.29, 0.717) is 5.75 Å². The summed E-state index contributed by atoms with van der Waals surface area (Å²) in [5.41, 5.74) is 1.31. The molecule has 0 aliphatic rings. The number of hydrogen-bond donors (Lipinski definition) is 2. The number of aromatic hydroxyl groups is 1. The summed E-state index contributed by atoms with van der Waals surface area (Å²) in [6.07, 6.45) is 0. The van der Waals surface area contributed by atoms with Crippen molar-refractivity contribution >= 4 is 17.7 Å².